The van der Waals surface area contributed by atoms with Gasteiger partial charge in [0.2, 0.25) is 5.91 Å². The maximum Gasteiger partial charge on any atom is 0.410 e. The van der Waals surface area contributed by atoms with Gasteiger partial charge in [-0.3, -0.25) is 4.79 Å². The zero-order valence-corrected chi connectivity index (χ0v) is 27.2. The number of allylic oxidation sites excluding steroid dienone is 1. The second kappa shape index (κ2) is 13.1. The maximum atomic E-state index is 13.5. The molecule has 2 aliphatic heterocycles. The molecule has 1 aliphatic carbocycles. The molecule has 1 N–H and O–H groups in total. The van der Waals surface area contributed by atoms with Crippen molar-refractivity contribution in [2.75, 3.05) is 32.6 Å². The zero-order chi connectivity index (χ0) is 30.6. The third-order valence-corrected chi connectivity index (χ3v) is 7.66. The Morgan fingerprint density at radius 3 is 2.08 bits per heavy atom. The number of aromatic hydroxyl groups is 1. The van der Waals surface area contributed by atoms with Crippen LogP contribution < -0.4 is 4.74 Å². The minimum atomic E-state index is -0.541. The molecule has 40 heavy (non-hydrogen) atoms. The number of nitrogens with zero attached hydrogens (tertiary/aromatic N) is 2. The first-order valence-electron chi connectivity index (χ1n) is 14.5. The van der Waals surface area contributed by atoms with Crippen molar-refractivity contribution < 1.29 is 24.2 Å². The minimum absolute atomic E-state index is 0.00442. The minimum Gasteiger partial charge on any atom is -0.508 e. The average Bonchev–Trinajstić information content (AvgIpc) is 2.88. The van der Waals surface area contributed by atoms with Crippen LogP contribution in [0.15, 0.2) is 23.8 Å². The van der Waals surface area contributed by atoms with Gasteiger partial charge in [-0.25, -0.2) is 4.79 Å². The molecule has 0 aromatic heterocycles. The molecule has 7 nitrogen and oxygen atoms in total. The molecule has 3 aliphatic rings. The first-order chi connectivity index (χ1) is 18.6. The van der Waals surface area contributed by atoms with E-state index in [1.807, 2.05) is 45.6 Å². The molecular formula is C32H51ClN2O5. The van der Waals surface area contributed by atoms with Crippen LogP contribution >= 0.6 is 11.6 Å². The number of alkyl halides is 1. The predicted octanol–water partition coefficient (Wildman–Crippen LogP) is 7.24. The molecule has 0 radical (unpaired) electrons. The highest BCUT2D eigenvalue weighted by Crippen LogP contribution is 2.55. The van der Waals surface area contributed by atoms with Crippen LogP contribution in [0.5, 0.6) is 11.5 Å². The summed E-state index contributed by atoms with van der Waals surface area (Å²) in [5.41, 5.74) is 1.56. The predicted molar refractivity (Wildman–Crippen MR) is 163 cm³/mol. The van der Waals surface area contributed by atoms with E-state index in [4.69, 9.17) is 9.47 Å². The Kier molecular flexibility index (Phi) is 11.0. The highest BCUT2D eigenvalue weighted by atomic mass is 35.5. The molecule has 0 spiro atoms. The fourth-order valence-corrected chi connectivity index (χ4v) is 5.63. The lowest BCUT2D eigenvalue weighted by atomic mass is 9.66. The Bertz CT molecular complexity index is 1080. The van der Waals surface area contributed by atoms with Gasteiger partial charge in [-0.15, -0.1) is 11.6 Å². The topological polar surface area (TPSA) is 79.3 Å². The summed E-state index contributed by atoms with van der Waals surface area (Å²) in [4.78, 5) is 29.4. The monoisotopic (exact) mass is 578 g/mol. The summed E-state index contributed by atoms with van der Waals surface area (Å²) in [6.45, 7) is 22.0. The van der Waals surface area contributed by atoms with Gasteiger partial charge in [0, 0.05) is 55.5 Å². The van der Waals surface area contributed by atoms with Gasteiger partial charge in [0.25, 0.3) is 0 Å². The largest absolute Gasteiger partial charge is 0.508 e. The highest BCUT2D eigenvalue weighted by molar-refractivity contribution is 6.15. The molecule has 4 rings (SSSR count). The number of piperazine rings is 1. The third kappa shape index (κ3) is 7.65. The van der Waals surface area contributed by atoms with Crippen molar-refractivity contribution in [3.8, 4) is 11.5 Å². The quantitative estimate of drug-likeness (QED) is 0.355. The molecule has 226 valence electrons. The second-order valence-corrected chi connectivity index (χ2v) is 13.0. The number of halogens is 1. The van der Waals surface area contributed by atoms with Gasteiger partial charge >= 0.3 is 6.09 Å². The van der Waals surface area contributed by atoms with Gasteiger partial charge in [0.1, 0.15) is 22.7 Å². The van der Waals surface area contributed by atoms with Crippen LogP contribution in [0.1, 0.15) is 99.1 Å². The van der Waals surface area contributed by atoms with E-state index in [1.54, 1.807) is 4.90 Å². The Labute approximate surface area is 246 Å². The lowest BCUT2D eigenvalue weighted by molar-refractivity contribution is -0.129. The number of hydrogen-bond donors (Lipinski definition) is 1. The Hall–Kier alpha value is -2.41. The number of carbonyl (C=O) groups is 2. The van der Waals surface area contributed by atoms with Crippen LogP contribution in [0.2, 0.25) is 0 Å². The van der Waals surface area contributed by atoms with Gasteiger partial charge in [0.05, 0.1) is 0 Å². The van der Waals surface area contributed by atoms with Crippen molar-refractivity contribution in [1.29, 1.82) is 0 Å². The van der Waals surface area contributed by atoms with Gasteiger partial charge in [-0.1, -0.05) is 40.7 Å². The smallest absolute Gasteiger partial charge is 0.410 e. The van der Waals surface area contributed by atoms with Crippen molar-refractivity contribution in [2.24, 2.45) is 5.92 Å². The summed E-state index contributed by atoms with van der Waals surface area (Å²) in [7, 11) is 0. The molecular weight excluding hydrogens is 528 g/mol. The SMILES string of the molecule is CC.CC(C)(C)OC(=O)N1CCN(C(=O)C2=CCC3C(C2)c2c(O)cc(C(C)(C)C)cc2OC3(C)C)CC1.CCl. The molecule has 8 heteroatoms. The van der Waals surface area contributed by atoms with Crippen molar-refractivity contribution in [3.05, 3.63) is 34.9 Å². The summed E-state index contributed by atoms with van der Waals surface area (Å²) in [5.74, 6) is 1.17. The second-order valence-electron chi connectivity index (χ2n) is 13.0. The summed E-state index contributed by atoms with van der Waals surface area (Å²) in [6.07, 6.45) is 4.48. The molecule has 1 aromatic carbocycles. The van der Waals surface area contributed by atoms with Crippen molar-refractivity contribution in [3.63, 3.8) is 0 Å². The number of phenolic OH excluding ortho intramolecular Hbond substituents is 1. The van der Waals surface area contributed by atoms with Gasteiger partial charge in [0.15, 0.2) is 0 Å². The Morgan fingerprint density at radius 2 is 1.55 bits per heavy atom. The fraction of sp³-hybridized carbons (Fsp3) is 0.688. The lowest BCUT2D eigenvalue weighted by Gasteiger charge is -2.47. The molecule has 1 fully saturated rings. The van der Waals surface area contributed by atoms with E-state index in [2.05, 4.69) is 58.4 Å². The van der Waals surface area contributed by atoms with E-state index < -0.39 is 11.2 Å². The highest BCUT2D eigenvalue weighted by Gasteiger charge is 2.47. The first-order valence-corrected chi connectivity index (χ1v) is 15.2. The van der Waals surface area contributed by atoms with Crippen LogP contribution in [-0.2, 0) is 14.9 Å². The van der Waals surface area contributed by atoms with Crippen molar-refractivity contribution in [2.45, 2.75) is 105 Å². The number of carbonyl (C=O) groups excluding carboxylic acids is 2. The standard InChI is InChI=1S/C29H42N2O5.C2H6.CH3Cl/c1-27(2,3)19-16-22(32)24-20-15-18(9-10-21(20)29(7,8)35-23(24)17-19)25(33)30-11-13-31(14-12-30)26(34)36-28(4,5)6;2*1-2/h9,16-17,20-21,32H,10-15H2,1-8H3;1-2H3;1H3. The molecule has 0 bridgehead atoms. The van der Waals surface area contributed by atoms with Crippen LogP contribution in [0.3, 0.4) is 0 Å². The molecule has 0 saturated carbocycles. The van der Waals surface area contributed by atoms with Crippen LogP contribution in [0.4, 0.5) is 4.79 Å². The van der Waals surface area contributed by atoms with Gasteiger partial charge in [-0.05, 0) is 70.6 Å². The third-order valence-electron chi connectivity index (χ3n) is 7.66. The molecule has 1 aromatic rings. The average molecular weight is 579 g/mol. The van der Waals surface area contributed by atoms with Gasteiger partial charge < -0.3 is 24.4 Å². The molecule has 1 saturated heterocycles. The van der Waals surface area contributed by atoms with Gasteiger partial charge in [-0.2, -0.15) is 0 Å². The molecule has 2 heterocycles. The lowest BCUT2D eigenvalue weighted by Crippen LogP contribution is -2.52. The first kappa shape index (κ1) is 33.8. The van der Waals surface area contributed by atoms with Crippen molar-refractivity contribution in [1.82, 2.24) is 9.80 Å². The number of hydrogen-bond acceptors (Lipinski definition) is 5. The normalized spacial score (nSPS) is 21.6. The summed E-state index contributed by atoms with van der Waals surface area (Å²) < 4.78 is 11.9. The van der Waals surface area contributed by atoms with Crippen LogP contribution in [0.25, 0.3) is 0 Å². The van der Waals surface area contributed by atoms with E-state index in [0.717, 1.165) is 28.9 Å². The zero-order valence-electron chi connectivity index (χ0n) is 26.5. The van der Waals surface area contributed by atoms with E-state index >= 15 is 0 Å². The summed E-state index contributed by atoms with van der Waals surface area (Å²) >= 11 is 4.64. The molecule has 2 unspecified atom stereocenters. The maximum absolute atomic E-state index is 13.5. The number of rotatable bonds is 1. The van der Waals surface area contributed by atoms with E-state index in [-0.39, 0.29) is 35.0 Å². The Balaban J connectivity index is 0.00000134. The number of phenols is 1. The molecule has 2 amide bonds. The fourth-order valence-electron chi connectivity index (χ4n) is 5.63. The summed E-state index contributed by atoms with van der Waals surface area (Å²) in [6, 6.07) is 3.91. The van der Waals surface area contributed by atoms with Crippen LogP contribution in [-0.4, -0.2) is 70.7 Å². The Morgan fingerprint density at radius 1 is 1.00 bits per heavy atom. The number of ether oxygens (including phenoxy) is 2. The number of benzene rings is 1. The van der Waals surface area contributed by atoms with E-state index in [9.17, 15) is 14.7 Å². The summed E-state index contributed by atoms with van der Waals surface area (Å²) in [5, 5.41) is 11.1. The number of fused-ring (bicyclic) bond motifs is 3. The van der Waals surface area contributed by atoms with Crippen molar-refractivity contribution >= 4 is 23.6 Å². The van der Waals surface area contributed by atoms with E-state index in [0.29, 0.717) is 32.6 Å². The molecule has 2 atom stereocenters. The van der Waals surface area contributed by atoms with E-state index in [1.165, 1.54) is 6.38 Å². The van der Waals surface area contributed by atoms with Crippen LogP contribution in [0, 0.1) is 5.92 Å². The number of amides is 2.